The summed E-state index contributed by atoms with van der Waals surface area (Å²) in [6.45, 7) is 3.38. The number of hydrogen-bond acceptors (Lipinski definition) is 3. The molecular formula is C9H21NO3P+. The molecule has 5 heteroatoms. The van der Waals surface area contributed by atoms with Gasteiger partial charge < -0.3 is 14.1 Å². The predicted molar refractivity (Wildman–Crippen MR) is 58.6 cm³/mol. The van der Waals surface area contributed by atoms with Gasteiger partial charge in [-0.3, -0.25) is 4.79 Å². The van der Waals surface area contributed by atoms with Gasteiger partial charge in [-0.1, -0.05) is 0 Å². The van der Waals surface area contributed by atoms with Gasteiger partial charge in [0.15, 0.2) is 0 Å². The van der Waals surface area contributed by atoms with Gasteiger partial charge >= 0.3 is 5.97 Å². The molecule has 0 aromatic rings. The van der Waals surface area contributed by atoms with Crippen molar-refractivity contribution in [2.75, 3.05) is 33.8 Å². The molecule has 1 saturated heterocycles. The molecule has 14 heavy (non-hydrogen) atoms. The first kappa shape index (κ1) is 11.9. The van der Waals surface area contributed by atoms with E-state index in [1.165, 1.54) is 33.0 Å². The van der Waals surface area contributed by atoms with Crippen molar-refractivity contribution in [3.8, 4) is 0 Å². The zero-order valence-electron chi connectivity index (χ0n) is 9.99. The summed E-state index contributed by atoms with van der Waals surface area (Å²) in [6.07, 6.45) is 3.17. The van der Waals surface area contributed by atoms with Crippen molar-refractivity contribution in [3.05, 3.63) is 0 Å². The molecule has 0 saturated carbocycles. The van der Waals surface area contributed by atoms with Gasteiger partial charge in [-0.2, -0.15) is 0 Å². The summed E-state index contributed by atoms with van der Waals surface area (Å²) < 4.78 is 11.3. The normalized spacial score (nSPS) is 19.2. The Bertz CT molecular complexity index is 186. The van der Waals surface area contributed by atoms with E-state index in [1.54, 1.807) is 9.47 Å². The van der Waals surface area contributed by atoms with Crippen molar-refractivity contribution in [1.29, 1.82) is 1.43 Å². The molecule has 0 radical (unpaired) electrons. The number of ether oxygens (including phenoxy) is 1. The van der Waals surface area contributed by atoms with Gasteiger partial charge in [-0.15, -0.1) is 0 Å². The average Bonchev–Trinajstić information content (AvgIpc) is 2.64. The molecule has 1 N–H and O–H groups in total. The second-order valence-corrected chi connectivity index (χ2v) is 3.82. The van der Waals surface area contributed by atoms with Gasteiger partial charge in [-0.05, 0) is 9.47 Å². The summed E-state index contributed by atoms with van der Waals surface area (Å²) in [5.41, 5.74) is 0. The topological polar surface area (TPSA) is 46.5 Å². The summed E-state index contributed by atoms with van der Waals surface area (Å²) in [6, 6.07) is 0. The van der Waals surface area contributed by atoms with Crippen molar-refractivity contribution in [1.82, 2.24) is 0 Å². The summed E-state index contributed by atoms with van der Waals surface area (Å²) in [7, 11) is 5.41. The fourth-order valence-corrected chi connectivity index (χ4v) is 1.79. The van der Waals surface area contributed by atoms with Crippen LogP contribution in [0.1, 0.15) is 19.3 Å². The van der Waals surface area contributed by atoms with Gasteiger partial charge in [0.2, 0.25) is 1.43 Å². The molecule has 1 unspecified atom stereocenters. The maximum absolute atomic E-state index is 10.9. The summed E-state index contributed by atoms with van der Waals surface area (Å²) in [4.78, 5) is 14.3. The molecule has 0 aromatic carbocycles. The molecule has 0 bridgehead atoms. The Morgan fingerprint density at radius 2 is 2.14 bits per heavy atom. The number of quaternary nitrogens is 1. The molecule has 1 heterocycles. The van der Waals surface area contributed by atoms with E-state index in [1.807, 2.05) is 0 Å². The van der Waals surface area contributed by atoms with Crippen LogP contribution in [0.15, 0.2) is 0 Å². The van der Waals surface area contributed by atoms with E-state index in [0.717, 1.165) is 11.0 Å². The van der Waals surface area contributed by atoms with Gasteiger partial charge in [0.25, 0.3) is 0 Å². The Kier molecular flexibility index (Phi) is 6.08. The van der Waals surface area contributed by atoms with Gasteiger partial charge in [0, 0.05) is 12.8 Å². The third kappa shape index (κ3) is 4.89. The first-order valence-electron chi connectivity index (χ1n) is 5.21. The van der Waals surface area contributed by atoms with E-state index in [4.69, 9.17) is 1.43 Å². The van der Waals surface area contributed by atoms with Gasteiger partial charge in [0.1, 0.15) is 0 Å². The number of carbonyl (C=O) groups excluding carboxylic acids is 1. The minimum atomic E-state index is -0.0822. The molecule has 0 aromatic heterocycles. The van der Waals surface area contributed by atoms with Crippen LogP contribution in [0.3, 0.4) is 0 Å². The van der Waals surface area contributed by atoms with Crippen LogP contribution in [0, 0.1) is 0 Å². The lowest BCUT2D eigenvalue weighted by atomic mass is 10.3. The number of esters is 1. The highest BCUT2D eigenvalue weighted by atomic mass is 31.0. The number of nitrogens with zero attached hydrogens (tertiary/aromatic N) is 1. The van der Waals surface area contributed by atoms with E-state index >= 15 is 0 Å². The van der Waals surface area contributed by atoms with Crippen LogP contribution in [-0.2, 0) is 9.53 Å². The number of rotatable bonds is 3. The first-order valence-corrected chi connectivity index (χ1v) is 5.27. The molecule has 1 aliphatic heterocycles. The maximum atomic E-state index is 10.9. The molecular weight excluding hydrogens is 201 g/mol. The van der Waals surface area contributed by atoms with Crippen molar-refractivity contribution < 1.29 is 18.9 Å². The van der Waals surface area contributed by atoms with E-state index in [-0.39, 0.29) is 5.97 Å². The van der Waals surface area contributed by atoms with Gasteiger partial charge in [0.05, 0.1) is 40.2 Å². The summed E-state index contributed by atoms with van der Waals surface area (Å²) in [5.74, 6) is -0.0822. The molecule has 0 spiro atoms. The fourth-order valence-electron chi connectivity index (χ4n) is 1.79. The minimum Gasteiger partial charge on any atom is -0.469 e. The molecule has 1 fully saturated rings. The molecule has 4 nitrogen and oxygen atoms in total. The first-order chi connectivity index (χ1) is 7.08. The largest absolute Gasteiger partial charge is 0.469 e. The smallest absolute Gasteiger partial charge is 0.311 e. The molecule has 84 valence electrons. The maximum Gasteiger partial charge on any atom is 0.311 e. The van der Waals surface area contributed by atoms with E-state index in [2.05, 4.69) is 16.7 Å². The molecule has 1 atom stereocenters. The van der Waals surface area contributed by atoms with Crippen LogP contribution in [0.25, 0.3) is 0 Å². The van der Waals surface area contributed by atoms with Crippen LogP contribution in [0.2, 0.25) is 0 Å². The number of carbonyl (C=O) groups is 1. The third-order valence-corrected chi connectivity index (χ3v) is 2.73. The Morgan fingerprint density at radius 1 is 1.64 bits per heavy atom. The minimum absolute atomic E-state index is 0.0822. The van der Waals surface area contributed by atoms with Crippen molar-refractivity contribution in [2.24, 2.45) is 0 Å². The van der Waals surface area contributed by atoms with Crippen molar-refractivity contribution in [2.45, 2.75) is 19.3 Å². The lowest BCUT2D eigenvalue weighted by Crippen LogP contribution is -2.42. The van der Waals surface area contributed by atoms with Gasteiger partial charge in [-0.25, -0.2) is 0 Å². The highest BCUT2D eigenvalue weighted by molar-refractivity contribution is 7.08. The Morgan fingerprint density at radius 3 is 2.57 bits per heavy atom. The quantitative estimate of drug-likeness (QED) is 0.433. The third-order valence-electron chi connectivity index (χ3n) is 2.73. The van der Waals surface area contributed by atoms with Crippen LogP contribution >= 0.6 is 9.47 Å². The van der Waals surface area contributed by atoms with Crippen LogP contribution in [0.5, 0.6) is 0 Å². The zero-order chi connectivity index (χ0) is 11.7. The van der Waals surface area contributed by atoms with Crippen LogP contribution in [-0.4, -0.2) is 50.6 Å². The van der Waals surface area contributed by atoms with E-state index in [9.17, 15) is 4.79 Å². The summed E-state index contributed by atoms with van der Waals surface area (Å²) >= 11 is 0. The number of hydrogen-bond donors (Lipinski definition) is 1. The molecule has 1 rings (SSSR count). The second-order valence-electron chi connectivity index (χ2n) is 3.82. The number of methoxy groups -OCH3 is 1. The van der Waals surface area contributed by atoms with Crippen molar-refractivity contribution in [3.63, 3.8) is 0 Å². The van der Waals surface area contributed by atoms with Crippen LogP contribution < -0.4 is 0 Å². The highest BCUT2D eigenvalue weighted by Crippen LogP contribution is 2.16. The highest BCUT2D eigenvalue weighted by Gasteiger charge is 2.27. The SMILES string of the molecule is COC(=O)CC[N+]1(C)CCCC1.[3H]OP. The zero-order valence-corrected chi connectivity index (χ0v) is 10.1. The van der Waals surface area contributed by atoms with Crippen molar-refractivity contribution >= 4 is 15.4 Å². The monoisotopic (exact) mass is 224 g/mol. The summed E-state index contributed by atoms with van der Waals surface area (Å²) in [5, 5.41) is 0. The standard InChI is InChI=1S/C9H18NO2.H3OP/c1-10(6-3-4-7-10)8-5-9(11)12-2;1-2/h3-8H2,1-2H3;1H,2H2/q+1;/i;1T. The number of likely N-dealkylation sites (tertiary alicyclic amines) is 1. The second kappa shape index (κ2) is 7.16. The Hall–Kier alpha value is -0.180. The molecule has 0 amide bonds. The average molecular weight is 224 g/mol. The lowest BCUT2D eigenvalue weighted by molar-refractivity contribution is -0.897. The van der Waals surface area contributed by atoms with E-state index in [0.29, 0.717) is 6.42 Å². The van der Waals surface area contributed by atoms with E-state index < -0.39 is 0 Å². The fraction of sp³-hybridized carbons (Fsp3) is 0.889. The Balaban J connectivity index is 0.000000583. The predicted octanol–water partition coefficient (Wildman–Crippen LogP) is 0.559. The van der Waals surface area contributed by atoms with Crippen LogP contribution in [0.4, 0.5) is 0 Å². The lowest BCUT2D eigenvalue weighted by Gasteiger charge is -2.28. The molecule has 0 aliphatic carbocycles. The molecule has 1 aliphatic rings. The Labute approximate surface area is 89.6 Å².